The van der Waals surface area contributed by atoms with Crippen LogP contribution >= 0.6 is 0 Å². The van der Waals surface area contributed by atoms with Gasteiger partial charge in [0.1, 0.15) is 6.33 Å². The van der Waals surface area contributed by atoms with Gasteiger partial charge in [-0.25, -0.2) is 9.97 Å². The van der Waals surface area contributed by atoms with E-state index in [2.05, 4.69) is 20.8 Å². The van der Waals surface area contributed by atoms with Gasteiger partial charge in [-0.05, 0) is 30.2 Å². The molecule has 0 saturated carbocycles. The van der Waals surface area contributed by atoms with E-state index in [1.54, 1.807) is 4.90 Å². The molecule has 1 amide bonds. The van der Waals surface area contributed by atoms with Gasteiger partial charge in [-0.15, -0.1) is 0 Å². The van der Waals surface area contributed by atoms with Crippen molar-refractivity contribution in [1.82, 2.24) is 15.4 Å². The maximum absolute atomic E-state index is 12.3. The number of aromatic nitrogens is 2. The maximum atomic E-state index is 12.3. The van der Waals surface area contributed by atoms with Crippen molar-refractivity contribution in [2.45, 2.75) is 6.42 Å². The summed E-state index contributed by atoms with van der Waals surface area (Å²) in [6.07, 6.45) is 1.89. The fourth-order valence-corrected chi connectivity index (χ4v) is 3.31. The normalized spacial score (nSPS) is 12.2. The lowest BCUT2D eigenvalue weighted by Gasteiger charge is -2.19. The summed E-state index contributed by atoms with van der Waals surface area (Å²) in [5.74, 6) is -0.720. The van der Waals surface area contributed by atoms with Crippen molar-refractivity contribution >= 4 is 34.6 Å². The van der Waals surface area contributed by atoms with Crippen molar-refractivity contribution in [2.75, 3.05) is 16.9 Å². The van der Waals surface area contributed by atoms with Crippen LogP contribution in [0.25, 0.3) is 0 Å². The van der Waals surface area contributed by atoms with E-state index in [4.69, 9.17) is 0 Å². The molecule has 2 aromatic carbocycles. The van der Waals surface area contributed by atoms with Gasteiger partial charge >= 0.3 is 5.69 Å². The van der Waals surface area contributed by atoms with Gasteiger partial charge in [-0.2, -0.15) is 0 Å². The minimum Gasteiger partial charge on any atom is -0.320 e. The highest BCUT2D eigenvalue weighted by Gasteiger charge is 2.31. The van der Waals surface area contributed by atoms with Gasteiger partial charge in [-0.3, -0.25) is 35.9 Å². The molecule has 12 heteroatoms. The molecule has 1 aliphatic heterocycles. The lowest BCUT2D eigenvalue weighted by molar-refractivity contribution is -0.384. The molecule has 0 aliphatic carbocycles. The third kappa shape index (κ3) is 3.81. The second kappa shape index (κ2) is 8.02. The van der Waals surface area contributed by atoms with Gasteiger partial charge in [0.05, 0.1) is 9.85 Å². The molecule has 0 fully saturated rings. The highest BCUT2D eigenvalue weighted by Crippen LogP contribution is 2.39. The number of anilines is 3. The number of para-hydroxylation sites is 1. The van der Waals surface area contributed by atoms with E-state index in [0.29, 0.717) is 6.54 Å². The number of nitrogens with zero attached hydrogens (tertiary/aromatic N) is 5. The highest BCUT2D eigenvalue weighted by atomic mass is 16.6. The zero-order chi connectivity index (χ0) is 22.0. The molecule has 0 atom stereocenters. The minimum absolute atomic E-state index is 0.108. The molecular weight excluding hydrogens is 406 g/mol. The summed E-state index contributed by atoms with van der Waals surface area (Å²) in [6.45, 7) is 0.520. The minimum atomic E-state index is -0.643. The molecule has 0 radical (unpaired) electrons. The Balaban J connectivity index is 1.58. The first kappa shape index (κ1) is 19.7. The number of rotatable bonds is 6. The van der Waals surface area contributed by atoms with E-state index in [0.717, 1.165) is 17.7 Å². The van der Waals surface area contributed by atoms with Crippen LogP contribution in [0, 0.1) is 20.2 Å². The summed E-state index contributed by atoms with van der Waals surface area (Å²) >= 11 is 0. The second-order valence-electron chi connectivity index (χ2n) is 6.57. The number of nitro groups is 2. The Morgan fingerprint density at radius 3 is 2.45 bits per heavy atom. The molecule has 0 spiro atoms. The smallest absolute Gasteiger partial charge is 0.320 e. The van der Waals surface area contributed by atoms with Crippen LogP contribution in [0.5, 0.6) is 0 Å². The number of carbonyl (C=O) groups excluding carboxylic acids is 1. The molecule has 31 heavy (non-hydrogen) atoms. The Kier molecular flexibility index (Phi) is 5.10. The predicted molar refractivity (Wildman–Crippen MR) is 110 cm³/mol. The first-order valence-electron chi connectivity index (χ1n) is 9.11. The van der Waals surface area contributed by atoms with Crippen LogP contribution < -0.4 is 15.8 Å². The molecular formula is C19H15N7O5. The fraction of sp³-hybridized carbons (Fsp3) is 0.105. The maximum Gasteiger partial charge on any atom is 0.355 e. The van der Waals surface area contributed by atoms with Crippen LogP contribution in [0.2, 0.25) is 0 Å². The molecule has 12 nitrogen and oxygen atoms in total. The average Bonchev–Trinajstić information content (AvgIpc) is 3.21. The number of fused-ring (bicyclic) bond motifs is 1. The third-order valence-electron chi connectivity index (χ3n) is 4.76. The third-order valence-corrected chi connectivity index (χ3v) is 4.76. The largest absolute Gasteiger partial charge is 0.355 e. The van der Waals surface area contributed by atoms with Crippen LogP contribution in [-0.4, -0.2) is 32.3 Å². The zero-order valence-electron chi connectivity index (χ0n) is 15.9. The lowest BCUT2D eigenvalue weighted by Crippen LogP contribution is -2.30. The number of carbonyl (C=O) groups is 1. The van der Waals surface area contributed by atoms with Gasteiger partial charge in [-0.1, -0.05) is 18.2 Å². The van der Waals surface area contributed by atoms with Gasteiger partial charge in [0.25, 0.3) is 11.6 Å². The molecule has 1 aliphatic rings. The number of non-ortho nitro benzene ring substituents is 1. The van der Waals surface area contributed by atoms with Gasteiger partial charge in [0.15, 0.2) is 0 Å². The Hall–Kier alpha value is -4.61. The number of hydrazine groups is 1. The van der Waals surface area contributed by atoms with Crippen molar-refractivity contribution in [1.29, 1.82) is 0 Å². The molecule has 0 saturated heterocycles. The number of benzene rings is 2. The second-order valence-corrected chi connectivity index (χ2v) is 6.57. The van der Waals surface area contributed by atoms with Crippen molar-refractivity contribution in [3.8, 4) is 0 Å². The van der Waals surface area contributed by atoms with Crippen molar-refractivity contribution in [3.63, 3.8) is 0 Å². The van der Waals surface area contributed by atoms with E-state index >= 15 is 0 Å². The summed E-state index contributed by atoms with van der Waals surface area (Å²) in [6, 6.07) is 12.5. The number of hydrogen-bond donors (Lipinski definition) is 2. The molecule has 2 N–H and O–H groups in total. The first-order valence-corrected chi connectivity index (χ1v) is 9.11. The van der Waals surface area contributed by atoms with E-state index < -0.39 is 15.8 Å². The number of nitro benzene ring substituents is 1. The molecule has 156 valence electrons. The van der Waals surface area contributed by atoms with Crippen LogP contribution in [0.1, 0.15) is 15.9 Å². The van der Waals surface area contributed by atoms with Gasteiger partial charge in [0.2, 0.25) is 11.6 Å². The average molecular weight is 421 g/mol. The Morgan fingerprint density at radius 1 is 1.00 bits per heavy atom. The Bertz CT molecular complexity index is 1180. The molecule has 1 aromatic heterocycles. The predicted octanol–water partition coefficient (Wildman–Crippen LogP) is 2.74. The Morgan fingerprint density at radius 2 is 1.74 bits per heavy atom. The van der Waals surface area contributed by atoms with Crippen molar-refractivity contribution < 1.29 is 14.6 Å². The number of hydrogen-bond acceptors (Lipinski definition) is 9. The quantitative estimate of drug-likeness (QED) is 0.451. The summed E-state index contributed by atoms with van der Waals surface area (Å²) in [4.78, 5) is 43.4. The van der Waals surface area contributed by atoms with Crippen LogP contribution in [0.4, 0.5) is 28.7 Å². The van der Waals surface area contributed by atoms with Gasteiger partial charge in [0, 0.05) is 29.9 Å². The fourth-order valence-electron chi connectivity index (χ4n) is 3.31. The van der Waals surface area contributed by atoms with E-state index in [9.17, 15) is 25.0 Å². The molecule has 4 rings (SSSR count). The summed E-state index contributed by atoms with van der Waals surface area (Å²) in [7, 11) is 0. The van der Waals surface area contributed by atoms with E-state index in [1.165, 1.54) is 30.6 Å². The molecule has 2 heterocycles. The van der Waals surface area contributed by atoms with Gasteiger partial charge < -0.3 is 4.90 Å². The summed E-state index contributed by atoms with van der Waals surface area (Å²) in [5.41, 5.74) is 6.25. The van der Waals surface area contributed by atoms with Crippen LogP contribution in [-0.2, 0) is 6.42 Å². The topological polar surface area (TPSA) is 156 Å². The number of nitrogens with one attached hydrogen (secondary N) is 2. The van der Waals surface area contributed by atoms with Crippen LogP contribution in [0.3, 0.4) is 0 Å². The lowest BCUT2D eigenvalue weighted by atomic mass is 10.2. The number of amides is 1. The summed E-state index contributed by atoms with van der Waals surface area (Å²) in [5, 5.41) is 22.5. The zero-order valence-corrected chi connectivity index (χ0v) is 15.9. The Labute approximate surface area is 174 Å². The van der Waals surface area contributed by atoms with Crippen molar-refractivity contribution in [3.05, 3.63) is 86.2 Å². The SMILES string of the molecule is O=C(NNc1ncnc(N2CCc3ccccc32)c1[N+](=O)[O-])c1ccc([N+](=O)[O-])cc1. The first-order chi connectivity index (χ1) is 15.0. The van der Waals surface area contributed by atoms with Crippen molar-refractivity contribution in [2.24, 2.45) is 0 Å². The summed E-state index contributed by atoms with van der Waals surface area (Å²) < 4.78 is 0. The molecule has 0 bridgehead atoms. The molecule has 0 unspecified atom stereocenters. The highest BCUT2D eigenvalue weighted by molar-refractivity contribution is 5.95. The van der Waals surface area contributed by atoms with E-state index in [1.807, 2.05) is 24.3 Å². The monoisotopic (exact) mass is 421 g/mol. The standard InChI is InChI=1S/C19H15N7O5/c27-19(13-5-7-14(8-6-13)25(28)29)23-22-17-16(26(30)31)18(21-11-20-17)24-10-9-12-3-1-2-4-15(12)24/h1-8,11H,9-10H2,(H,23,27)(H,20,21,22). The van der Waals surface area contributed by atoms with Crippen LogP contribution in [0.15, 0.2) is 54.9 Å². The van der Waals surface area contributed by atoms with E-state index in [-0.39, 0.29) is 28.6 Å². The molecule has 3 aromatic rings.